The smallest absolute Gasteiger partial charge is 0.219 e. The number of aliphatic hydroxyl groups is 1. The van der Waals surface area contributed by atoms with Gasteiger partial charge in [-0.2, -0.15) is 0 Å². The van der Waals surface area contributed by atoms with E-state index in [0.717, 1.165) is 13.0 Å². The molecule has 3 nitrogen and oxygen atoms in total. The molecule has 3 heteroatoms. The number of rotatable bonds is 1. The molecular formula is C17H19NO2. The largest absolute Gasteiger partial charge is 0.391 e. The van der Waals surface area contributed by atoms with Gasteiger partial charge in [0.1, 0.15) is 0 Å². The summed E-state index contributed by atoms with van der Waals surface area (Å²) in [5.41, 5.74) is 1.17. The average Bonchev–Trinajstić information content (AvgIpc) is 2.46. The number of aliphatic hydroxyl groups excluding tert-OH is 1. The van der Waals surface area contributed by atoms with Gasteiger partial charge in [0.2, 0.25) is 5.91 Å². The minimum atomic E-state index is -0.478. The predicted molar refractivity (Wildman–Crippen MR) is 79.6 cm³/mol. The van der Waals surface area contributed by atoms with Crippen molar-refractivity contribution < 1.29 is 9.90 Å². The van der Waals surface area contributed by atoms with Crippen LogP contribution < -0.4 is 0 Å². The zero-order chi connectivity index (χ0) is 14.1. The first-order valence-electron chi connectivity index (χ1n) is 7.07. The number of hydrogen-bond donors (Lipinski definition) is 1. The van der Waals surface area contributed by atoms with Crippen molar-refractivity contribution in [2.75, 3.05) is 13.1 Å². The summed E-state index contributed by atoms with van der Waals surface area (Å²) in [6.07, 6.45) is 0.341. The summed E-state index contributed by atoms with van der Waals surface area (Å²) in [6.45, 7) is 2.72. The Kier molecular flexibility index (Phi) is 3.45. The van der Waals surface area contributed by atoms with Crippen molar-refractivity contribution in [3.8, 4) is 0 Å². The fourth-order valence-corrected chi connectivity index (χ4v) is 3.04. The zero-order valence-electron chi connectivity index (χ0n) is 11.6. The van der Waals surface area contributed by atoms with Gasteiger partial charge < -0.3 is 10.0 Å². The summed E-state index contributed by atoms with van der Waals surface area (Å²) in [5.74, 6) is 0.163. The van der Waals surface area contributed by atoms with Crippen LogP contribution in [0, 0.1) is 0 Å². The third kappa shape index (κ3) is 2.41. The van der Waals surface area contributed by atoms with Crippen LogP contribution in [0.3, 0.4) is 0 Å². The second-order valence-electron chi connectivity index (χ2n) is 5.53. The molecule has 0 aromatic heterocycles. The van der Waals surface area contributed by atoms with E-state index in [1.165, 1.54) is 16.3 Å². The molecule has 2 aromatic carbocycles. The molecule has 104 valence electrons. The molecule has 0 radical (unpaired) electrons. The molecular weight excluding hydrogens is 250 g/mol. The fourth-order valence-electron chi connectivity index (χ4n) is 3.04. The van der Waals surface area contributed by atoms with Gasteiger partial charge in [0.05, 0.1) is 6.10 Å². The van der Waals surface area contributed by atoms with Gasteiger partial charge in [-0.1, -0.05) is 42.5 Å². The van der Waals surface area contributed by atoms with Gasteiger partial charge in [0.15, 0.2) is 0 Å². The number of hydrogen-bond acceptors (Lipinski definition) is 2. The number of carbonyl (C=O) groups is 1. The van der Waals surface area contributed by atoms with E-state index < -0.39 is 6.10 Å². The van der Waals surface area contributed by atoms with Crippen LogP contribution in [0.1, 0.15) is 24.8 Å². The lowest BCUT2D eigenvalue weighted by atomic mass is 9.86. The normalized spacial score (nSPS) is 23.0. The lowest BCUT2D eigenvalue weighted by Gasteiger charge is -2.35. The third-order valence-corrected chi connectivity index (χ3v) is 4.23. The highest BCUT2D eigenvalue weighted by Crippen LogP contribution is 2.30. The molecule has 20 heavy (non-hydrogen) atoms. The number of piperidine rings is 1. The molecule has 1 amide bonds. The van der Waals surface area contributed by atoms with E-state index in [1.54, 1.807) is 11.8 Å². The van der Waals surface area contributed by atoms with Crippen LogP contribution in [-0.4, -0.2) is 35.1 Å². The maximum absolute atomic E-state index is 11.4. The number of β-amino-alcohol motifs (C(OH)–C–C–N with tert-alkyl or cyclic N) is 1. The Morgan fingerprint density at radius 2 is 1.95 bits per heavy atom. The Bertz CT molecular complexity index is 638. The molecule has 1 fully saturated rings. The van der Waals surface area contributed by atoms with Gasteiger partial charge in [-0.15, -0.1) is 0 Å². The summed E-state index contributed by atoms with van der Waals surface area (Å²) >= 11 is 0. The summed E-state index contributed by atoms with van der Waals surface area (Å²) in [4.78, 5) is 13.1. The first-order valence-corrected chi connectivity index (χ1v) is 7.07. The van der Waals surface area contributed by atoms with Crippen LogP contribution in [-0.2, 0) is 4.79 Å². The summed E-state index contributed by atoms with van der Waals surface area (Å²) < 4.78 is 0. The number of fused-ring (bicyclic) bond motifs is 1. The standard InChI is InChI=1S/C17H19NO2/c1-12(19)18-9-8-16(17(20)11-18)15-7-6-13-4-2-3-5-14(13)10-15/h2-7,10,16-17,20H,8-9,11H2,1H3/t16-,17+/m0/s1. The fraction of sp³-hybridized carbons (Fsp3) is 0.353. The first-order chi connectivity index (χ1) is 9.65. The molecule has 0 spiro atoms. The number of likely N-dealkylation sites (tertiary alicyclic amines) is 1. The first kappa shape index (κ1) is 13.1. The van der Waals surface area contributed by atoms with Crippen molar-refractivity contribution in [3.63, 3.8) is 0 Å². The Morgan fingerprint density at radius 1 is 1.20 bits per heavy atom. The second kappa shape index (κ2) is 5.25. The average molecular weight is 269 g/mol. The minimum Gasteiger partial charge on any atom is -0.391 e. The van der Waals surface area contributed by atoms with Crippen LogP contribution in [0.25, 0.3) is 10.8 Å². The molecule has 1 saturated heterocycles. The van der Waals surface area contributed by atoms with Gasteiger partial charge in [0.25, 0.3) is 0 Å². The monoisotopic (exact) mass is 269 g/mol. The molecule has 2 aromatic rings. The minimum absolute atomic E-state index is 0.0426. The second-order valence-corrected chi connectivity index (χ2v) is 5.53. The van der Waals surface area contributed by atoms with E-state index in [1.807, 2.05) is 12.1 Å². The van der Waals surface area contributed by atoms with Crippen LogP contribution >= 0.6 is 0 Å². The topological polar surface area (TPSA) is 40.5 Å². The van der Waals surface area contributed by atoms with E-state index in [9.17, 15) is 9.90 Å². The lowest BCUT2D eigenvalue weighted by molar-refractivity contribution is -0.132. The van der Waals surface area contributed by atoms with Crippen molar-refractivity contribution >= 4 is 16.7 Å². The molecule has 3 rings (SSSR count). The van der Waals surface area contributed by atoms with E-state index in [2.05, 4.69) is 30.3 Å². The highest BCUT2D eigenvalue weighted by Gasteiger charge is 2.29. The van der Waals surface area contributed by atoms with Gasteiger partial charge in [-0.3, -0.25) is 4.79 Å². The summed E-state index contributed by atoms with van der Waals surface area (Å²) in [7, 11) is 0. The highest BCUT2D eigenvalue weighted by atomic mass is 16.3. The number of carbonyl (C=O) groups excluding carboxylic acids is 1. The van der Waals surface area contributed by atoms with E-state index in [0.29, 0.717) is 6.54 Å². The highest BCUT2D eigenvalue weighted by molar-refractivity contribution is 5.83. The summed E-state index contributed by atoms with van der Waals surface area (Å²) in [6, 6.07) is 14.6. The van der Waals surface area contributed by atoms with Crippen LogP contribution in [0.4, 0.5) is 0 Å². The molecule has 0 aliphatic carbocycles. The molecule has 1 heterocycles. The van der Waals surface area contributed by atoms with Crippen molar-refractivity contribution in [1.82, 2.24) is 4.90 Å². The molecule has 1 aliphatic heterocycles. The van der Waals surface area contributed by atoms with E-state index in [4.69, 9.17) is 0 Å². The zero-order valence-corrected chi connectivity index (χ0v) is 11.6. The Hall–Kier alpha value is -1.87. The van der Waals surface area contributed by atoms with Crippen molar-refractivity contribution in [2.45, 2.75) is 25.4 Å². The Morgan fingerprint density at radius 3 is 2.65 bits per heavy atom. The molecule has 0 saturated carbocycles. The van der Waals surface area contributed by atoms with Gasteiger partial charge in [-0.05, 0) is 22.8 Å². The quantitative estimate of drug-likeness (QED) is 0.864. The molecule has 0 unspecified atom stereocenters. The number of nitrogens with zero attached hydrogens (tertiary/aromatic N) is 1. The van der Waals surface area contributed by atoms with Gasteiger partial charge in [-0.25, -0.2) is 0 Å². The molecule has 0 bridgehead atoms. The van der Waals surface area contributed by atoms with Crippen LogP contribution in [0.5, 0.6) is 0 Å². The van der Waals surface area contributed by atoms with Crippen molar-refractivity contribution in [3.05, 3.63) is 48.0 Å². The van der Waals surface area contributed by atoms with Crippen LogP contribution in [0.15, 0.2) is 42.5 Å². The van der Waals surface area contributed by atoms with Gasteiger partial charge >= 0.3 is 0 Å². The van der Waals surface area contributed by atoms with Crippen LogP contribution in [0.2, 0.25) is 0 Å². The van der Waals surface area contributed by atoms with Crippen molar-refractivity contribution in [2.24, 2.45) is 0 Å². The molecule has 2 atom stereocenters. The number of amides is 1. The molecule has 1 aliphatic rings. The Labute approximate surface area is 118 Å². The van der Waals surface area contributed by atoms with E-state index in [-0.39, 0.29) is 11.8 Å². The molecule has 1 N–H and O–H groups in total. The van der Waals surface area contributed by atoms with Crippen molar-refractivity contribution in [1.29, 1.82) is 0 Å². The summed E-state index contributed by atoms with van der Waals surface area (Å²) in [5, 5.41) is 12.7. The lowest BCUT2D eigenvalue weighted by Crippen LogP contribution is -2.44. The maximum atomic E-state index is 11.4. The van der Waals surface area contributed by atoms with Gasteiger partial charge in [0, 0.05) is 25.9 Å². The Balaban J connectivity index is 1.86. The number of benzene rings is 2. The maximum Gasteiger partial charge on any atom is 0.219 e. The third-order valence-electron chi connectivity index (χ3n) is 4.23. The van der Waals surface area contributed by atoms with E-state index >= 15 is 0 Å². The predicted octanol–water partition coefficient (Wildman–Crippen LogP) is 2.54. The SMILES string of the molecule is CC(=O)N1CC[C@@H](c2ccc3ccccc3c2)[C@H](O)C1.